The molecule has 0 aromatic carbocycles. The topological polar surface area (TPSA) is 85.3 Å². The third-order valence-electron chi connectivity index (χ3n) is 5.14. The van der Waals surface area contributed by atoms with Gasteiger partial charge in [-0.1, -0.05) is 10.3 Å². The summed E-state index contributed by atoms with van der Waals surface area (Å²) in [6.45, 7) is 7.04. The summed E-state index contributed by atoms with van der Waals surface area (Å²) in [6, 6.07) is 5.79. The molecule has 1 aliphatic rings. The number of piperidine rings is 1. The molecule has 140 valence electrons. The molecule has 0 unspecified atom stereocenters. The van der Waals surface area contributed by atoms with E-state index in [2.05, 4.69) is 21.4 Å². The SMILES string of the molecule is Cc1cc(C(=O)N2CCC(c3cc(-c4c(C)noc4C)ccn3)CC2)on1. The van der Waals surface area contributed by atoms with E-state index in [0.29, 0.717) is 30.5 Å². The molecule has 7 nitrogen and oxygen atoms in total. The van der Waals surface area contributed by atoms with Gasteiger partial charge >= 0.3 is 0 Å². The van der Waals surface area contributed by atoms with Gasteiger partial charge < -0.3 is 13.9 Å². The fourth-order valence-corrected chi connectivity index (χ4v) is 3.72. The zero-order valence-corrected chi connectivity index (χ0v) is 15.7. The van der Waals surface area contributed by atoms with E-state index in [9.17, 15) is 4.79 Å². The summed E-state index contributed by atoms with van der Waals surface area (Å²) in [6.07, 6.45) is 3.58. The third-order valence-corrected chi connectivity index (χ3v) is 5.14. The van der Waals surface area contributed by atoms with Gasteiger partial charge in [-0.3, -0.25) is 9.78 Å². The van der Waals surface area contributed by atoms with Crippen LogP contribution >= 0.6 is 0 Å². The number of aromatic nitrogens is 3. The Morgan fingerprint density at radius 3 is 2.52 bits per heavy atom. The Labute approximate surface area is 157 Å². The van der Waals surface area contributed by atoms with Crippen LogP contribution in [0, 0.1) is 20.8 Å². The summed E-state index contributed by atoms with van der Waals surface area (Å²) in [7, 11) is 0. The van der Waals surface area contributed by atoms with Gasteiger partial charge in [0.05, 0.1) is 11.4 Å². The maximum atomic E-state index is 12.5. The van der Waals surface area contributed by atoms with Crippen LogP contribution in [0.2, 0.25) is 0 Å². The number of nitrogens with zero attached hydrogens (tertiary/aromatic N) is 4. The Morgan fingerprint density at radius 2 is 1.89 bits per heavy atom. The molecule has 0 saturated carbocycles. The van der Waals surface area contributed by atoms with Crippen molar-refractivity contribution >= 4 is 5.91 Å². The monoisotopic (exact) mass is 366 g/mol. The fraction of sp³-hybridized carbons (Fsp3) is 0.400. The van der Waals surface area contributed by atoms with Crippen molar-refractivity contribution < 1.29 is 13.8 Å². The van der Waals surface area contributed by atoms with Crippen LogP contribution < -0.4 is 0 Å². The third kappa shape index (κ3) is 3.37. The minimum absolute atomic E-state index is 0.0912. The van der Waals surface area contributed by atoms with Crippen LogP contribution in [0.1, 0.15) is 52.2 Å². The highest BCUT2D eigenvalue weighted by molar-refractivity contribution is 5.91. The van der Waals surface area contributed by atoms with E-state index in [1.54, 1.807) is 6.07 Å². The molecule has 4 rings (SSSR count). The van der Waals surface area contributed by atoms with Crippen LogP contribution in [0.4, 0.5) is 0 Å². The second-order valence-corrected chi connectivity index (χ2v) is 7.07. The summed E-state index contributed by atoms with van der Waals surface area (Å²) in [5.74, 6) is 1.36. The summed E-state index contributed by atoms with van der Waals surface area (Å²) >= 11 is 0. The molecule has 1 aliphatic heterocycles. The Balaban J connectivity index is 1.47. The number of hydrogen-bond acceptors (Lipinski definition) is 6. The van der Waals surface area contributed by atoms with Gasteiger partial charge in [-0.2, -0.15) is 0 Å². The zero-order chi connectivity index (χ0) is 19.0. The largest absolute Gasteiger partial charge is 0.361 e. The second-order valence-electron chi connectivity index (χ2n) is 7.07. The average molecular weight is 366 g/mol. The normalized spacial score (nSPS) is 15.3. The molecule has 1 amide bonds. The summed E-state index contributed by atoms with van der Waals surface area (Å²) in [4.78, 5) is 18.9. The molecule has 0 bridgehead atoms. The van der Waals surface area contributed by atoms with Gasteiger partial charge in [0.25, 0.3) is 5.91 Å². The minimum atomic E-state index is -0.0912. The van der Waals surface area contributed by atoms with Crippen LogP contribution in [0.25, 0.3) is 11.1 Å². The number of hydrogen-bond donors (Lipinski definition) is 0. The molecule has 0 N–H and O–H groups in total. The van der Waals surface area contributed by atoms with Crippen LogP contribution in [-0.4, -0.2) is 39.2 Å². The van der Waals surface area contributed by atoms with Crippen LogP contribution in [0.15, 0.2) is 33.4 Å². The quantitative estimate of drug-likeness (QED) is 0.703. The Hall–Kier alpha value is -2.96. The molecule has 3 aromatic heterocycles. The lowest BCUT2D eigenvalue weighted by Gasteiger charge is -2.31. The number of carbonyl (C=O) groups excluding carboxylic acids is 1. The molecule has 4 heterocycles. The number of pyridine rings is 1. The first-order valence-corrected chi connectivity index (χ1v) is 9.14. The lowest BCUT2D eigenvalue weighted by atomic mass is 9.91. The van der Waals surface area contributed by atoms with Gasteiger partial charge in [-0.15, -0.1) is 0 Å². The molecule has 1 fully saturated rings. The molecular formula is C20H22N4O3. The van der Waals surface area contributed by atoms with E-state index in [0.717, 1.165) is 41.1 Å². The first-order valence-electron chi connectivity index (χ1n) is 9.14. The number of likely N-dealkylation sites (tertiary alicyclic amines) is 1. The highest BCUT2D eigenvalue weighted by Gasteiger charge is 2.27. The van der Waals surface area contributed by atoms with Gasteiger partial charge in [0, 0.05) is 42.5 Å². The lowest BCUT2D eigenvalue weighted by molar-refractivity contribution is 0.0670. The van der Waals surface area contributed by atoms with Crippen molar-refractivity contribution in [3.05, 3.63) is 53.0 Å². The Morgan fingerprint density at radius 1 is 1.11 bits per heavy atom. The number of aryl methyl sites for hydroxylation is 3. The van der Waals surface area contributed by atoms with Gasteiger partial charge in [-0.05, 0) is 51.3 Å². The summed E-state index contributed by atoms with van der Waals surface area (Å²) in [5, 5.41) is 7.84. The molecule has 7 heteroatoms. The highest BCUT2D eigenvalue weighted by Crippen LogP contribution is 2.32. The Bertz CT molecular complexity index is 948. The first kappa shape index (κ1) is 17.5. The van der Waals surface area contributed by atoms with Crippen molar-refractivity contribution in [2.75, 3.05) is 13.1 Å². The smallest absolute Gasteiger partial charge is 0.292 e. The highest BCUT2D eigenvalue weighted by atomic mass is 16.5. The maximum Gasteiger partial charge on any atom is 0.292 e. The lowest BCUT2D eigenvalue weighted by Crippen LogP contribution is -2.37. The predicted octanol–water partition coefficient (Wildman–Crippen LogP) is 3.67. The summed E-state index contributed by atoms with van der Waals surface area (Å²) in [5.41, 5.74) is 4.76. The van der Waals surface area contributed by atoms with Gasteiger partial charge in [0.2, 0.25) is 5.76 Å². The van der Waals surface area contributed by atoms with Gasteiger partial charge in [-0.25, -0.2) is 0 Å². The van der Waals surface area contributed by atoms with Gasteiger partial charge in [0.15, 0.2) is 0 Å². The second kappa shape index (κ2) is 6.98. The standard InChI is InChI=1S/C20H22N4O3/c1-12-10-18(27-22-12)20(25)24-8-5-15(6-9-24)17-11-16(4-7-21-17)19-13(2)23-26-14(19)3/h4,7,10-11,15H,5-6,8-9H2,1-3H3. The fourth-order valence-electron chi connectivity index (χ4n) is 3.72. The van der Waals surface area contributed by atoms with Crippen LogP contribution in [0.5, 0.6) is 0 Å². The molecule has 0 aliphatic carbocycles. The predicted molar refractivity (Wildman–Crippen MR) is 98.3 cm³/mol. The van der Waals surface area contributed by atoms with E-state index in [1.807, 2.05) is 37.9 Å². The van der Waals surface area contributed by atoms with E-state index >= 15 is 0 Å². The van der Waals surface area contributed by atoms with Crippen LogP contribution in [0.3, 0.4) is 0 Å². The molecule has 0 spiro atoms. The molecular weight excluding hydrogens is 344 g/mol. The number of rotatable bonds is 3. The molecule has 0 radical (unpaired) electrons. The summed E-state index contributed by atoms with van der Waals surface area (Å²) < 4.78 is 10.4. The average Bonchev–Trinajstić information content (AvgIpc) is 3.26. The number of carbonyl (C=O) groups is 1. The van der Waals surface area contributed by atoms with Crippen LogP contribution in [-0.2, 0) is 0 Å². The maximum absolute atomic E-state index is 12.5. The van der Waals surface area contributed by atoms with Gasteiger partial charge in [0.1, 0.15) is 5.76 Å². The van der Waals surface area contributed by atoms with Crippen molar-refractivity contribution in [2.45, 2.75) is 39.5 Å². The molecule has 27 heavy (non-hydrogen) atoms. The number of amides is 1. The molecule has 3 aromatic rings. The van der Waals surface area contributed by atoms with Crippen molar-refractivity contribution in [2.24, 2.45) is 0 Å². The first-order chi connectivity index (χ1) is 13.0. The van der Waals surface area contributed by atoms with Crippen molar-refractivity contribution in [1.82, 2.24) is 20.2 Å². The van der Waals surface area contributed by atoms with Crippen molar-refractivity contribution in [3.8, 4) is 11.1 Å². The van der Waals surface area contributed by atoms with Crippen molar-refractivity contribution in [1.29, 1.82) is 0 Å². The van der Waals surface area contributed by atoms with E-state index in [1.165, 1.54) is 0 Å². The van der Waals surface area contributed by atoms with E-state index in [4.69, 9.17) is 9.05 Å². The minimum Gasteiger partial charge on any atom is -0.361 e. The Kier molecular flexibility index (Phi) is 4.51. The molecule has 0 atom stereocenters. The molecule has 1 saturated heterocycles. The van der Waals surface area contributed by atoms with Crippen molar-refractivity contribution in [3.63, 3.8) is 0 Å². The van der Waals surface area contributed by atoms with E-state index < -0.39 is 0 Å². The van der Waals surface area contributed by atoms with E-state index in [-0.39, 0.29) is 5.91 Å². The zero-order valence-electron chi connectivity index (χ0n) is 15.7.